The third-order valence-electron chi connectivity index (χ3n) is 2.40. The van der Waals surface area contributed by atoms with Crippen LogP contribution in [0, 0.1) is 0 Å². The molecule has 0 aromatic carbocycles. The lowest BCUT2D eigenvalue weighted by molar-refractivity contribution is 0.0520. The lowest BCUT2D eigenvalue weighted by Crippen LogP contribution is -2.31. The largest absolute Gasteiger partial charge is 0.461 e. The average molecular weight is 300 g/mol. The number of likely N-dealkylation sites (N-methyl/N-ethyl adjacent to an activating group) is 1. The van der Waals surface area contributed by atoms with E-state index in [9.17, 15) is 9.59 Å². The Morgan fingerprint density at radius 1 is 1.45 bits per heavy atom. The summed E-state index contributed by atoms with van der Waals surface area (Å²) in [6, 6.07) is 0. The molecule has 0 spiro atoms. The van der Waals surface area contributed by atoms with E-state index in [0.29, 0.717) is 13.2 Å². The molecule has 0 saturated heterocycles. The Balaban J connectivity index is 2.56. The van der Waals surface area contributed by atoms with E-state index < -0.39 is 5.97 Å². The van der Waals surface area contributed by atoms with Crippen molar-refractivity contribution in [2.45, 2.75) is 26.9 Å². The highest BCUT2D eigenvalue weighted by molar-refractivity contribution is 7.11. The number of nitrogens with zero attached hydrogens (tertiary/aromatic N) is 2. The first kappa shape index (κ1) is 16.6. The van der Waals surface area contributed by atoms with Crippen LogP contribution >= 0.6 is 11.3 Å². The predicted molar refractivity (Wildman–Crippen MR) is 76.1 cm³/mol. The van der Waals surface area contributed by atoms with Crippen LogP contribution in [0.15, 0.2) is 5.38 Å². The van der Waals surface area contributed by atoms with Crippen LogP contribution in [0.1, 0.15) is 41.1 Å². The number of hydrogen-bond donors (Lipinski definition) is 0. The van der Waals surface area contributed by atoms with E-state index in [0.717, 1.165) is 11.3 Å². The van der Waals surface area contributed by atoms with Gasteiger partial charge in [-0.2, -0.15) is 0 Å². The van der Waals surface area contributed by atoms with Gasteiger partial charge in [0.25, 0.3) is 5.91 Å². The molecule has 0 radical (unpaired) electrons. The molecule has 0 aliphatic heterocycles. The van der Waals surface area contributed by atoms with E-state index >= 15 is 0 Å². The number of carbonyl (C=O) groups excluding carboxylic acids is 2. The van der Waals surface area contributed by atoms with Crippen LogP contribution in [0.25, 0.3) is 0 Å². The average Bonchev–Trinajstić information content (AvgIpc) is 2.87. The maximum Gasteiger partial charge on any atom is 0.367 e. The molecule has 112 valence electrons. The Morgan fingerprint density at radius 3 is 2.75 bits per heavy atom. The van der Waals surface area contributed by atoms with Gasteiger partial charge in [-0.1, -0.05) is 0 Å². The van der Waals surface area contributed by atoms with E-state index in [2.05, 4.69) is 4.98 Å². The highest BCUT2D eigenvalue weighted by Crippen LogP contribution is 2.12. The van der Waals surface area contributed by atoms with Crippen molar-refractivity contribution < 1.29 is 19.1 Å². The SMILES string of the molecule is CCOC(=O)c1nc(C(=O)N(C)CCOC(C)C)cs1. The van der Waals surface area contributed by atoms with Crippen molar-refractivity contribution in [2.75, 3.05) is 26.8 Å². The molecule has 20 heavy (non-hydrogen) atoms. The van der Waals surface area contributed by atoms with Crippen LogP contribution in [0.3, 0.4) is 0 Å². The summed E-state index contributed by atoms with van der Waals surface area (Å²) in [5.74, 6) is -0.730. The molecule has 0 unspecified atom stereocenters. The van der Waals surface area contributed by atoms with E-state index in [1.54, 1.807) is 19.4 Å². The van der Waals surface area contributed by atoms with Crippen molar-refractivity contribution in [1.29, 1.82) is 0 Å². The minimum Gasteiger partial charge on any atom is -0.461 e. The summed E-state index contributed by atoms with van der Waals surface area (Å²) >= 11 is 1.11. The van der Waals surface area contributed by atoms with Gasteiger partial charge in [-0.3, -0.25) is 4.79 Å². The van der Waals surface area contributed by atoms with Crippen molar-refractivity contribution in [2.24, 2.45) is 0 Å². The molecule has 1 aromatic rings. The van der Waals surface area contributed by atoms with Gasteiger partial charge in [0.1, 0.15) is 5.69 Å². The van der Waals surface area contributed by atoms with Crippen LogP contribution in [0.4, 0.5) is 0 Å². The fourth-order valence-electron chi connectivity index (χ4n) is 1.38. The van der Waals surface area contributed by atoms with Gasteiger partial charge in [-0.25, -0.2) is 9.78 Å². The highest BCUT2D eigenvalue weighted by atomic mass is 32.1. The van der Waals surface area contributed by atoms with E-state index in [1.807, 2.05) is 13.8 Å². The van der Waals surface area contributed by atoms with E-state index in [4.69, 9.17) is 9.47 Å². The third kappa shape index (κ3) is 4.90. The van der Waals surface area contributed by atoms with Crippen LogP contribution in [-0.4, -0.2) is 54.7 Å². The molecule has 0 aliphatic carbocycles. The summed E-state index contributed by atoms with van der Waals surface area (Å²) in [7, 11) is 1.68. The van der Waals surface area contributed by atoms with Crippen LogP contribution < -0.4 is 0 Å². The Labute approximate surface area is 122 Å². The number of ether oxygens (including phenoxy) is 2. The number of rotatable bonds is 7. The highest BCUT2D eigenvalue weighted by Gasteiger charge is 2.18. The van der Waals surface area contributed by atoms with Gasteiger partial charge in [-0.05, 0) is 20.8 Å². The van der Waals surface area contributed by atoms with Crippen molar-refractivity contribution >= 4 is 23.2 Å². The Bertz CT molecular complexity index is 459. The number of amides is 1. The second-order valence-electron chi connectivity index (χ2n) is 4.40. The summed E-state index contributed by atoms with van der Waals surface area (Å²) in [6.45, 7) is 6.83. The second kappa shape index (κ2) is 7.96. The number of esters is 1. The normalized spacial score (nSPS) is 10.7. The van der Waals surface area contributed by atoms with Gasteiger partial charge in [0.2, 0.25) is 5.01 Å². The first-order valence-electron chi connectivity index (χ1n) is 6.45. The molecular formula is C13H20N2O4S. The molecule has 1 rings (SSSR count). The van der Waals surface area contributed by atoms with E-state index in [1.165, 1.54) is 4.90 Å². The van der Waals surface area contributed by atoms with Gasteiger partial charge < -0.3 is 14.4 Å². The Kier molecular flexibility index (Phi) is 6.60. The van der Waals surface area contributed by atoms with Crippen LogP contribution in [0.5, 0.6) is 0 Å². The molecule has 0 saturated carbocycles. The monoisotopic (exact) mass is 300 g/mol. The van der Waals surface area contributed by atoms with Crippen molar-refractivity contribution in [3.05, 3.63) is 16.1 Å². The first-order valence-corrected chi connectivity index (χ1v) is 7.33. The molecule has 1 heterocycles. The fraction of sp³-hybridized carbons (Fsp3) is 0.615. The van der Waals surface area contributed by atoms with Crippen molar-refractivity contribution in [3.8, 4) is 0 Å². The van der Waals surface area contributed by atoms with Gasteiger partial charge in [0.05, 0.1) is 19.3 Å². The number of carbonyl (C=O) groups is 2. The summed E-state index contributed by atoms with van der Waals surface area (Å²) < 4.78 is 10.2. The summed E-state index contributed by atoms with van der Waals surface area (Å²) in [5, 5.41) is 1.76. The fourth-order valence-corrected chi connectivity index (χ4v) is 2.06. The molecular weight excluding hydrogens is 280 g/mol. The zero-order valence-corrected chi connectivity index (χ0v) is 13.0. The number of aromatic nitrogens is 1. The number of thiazole rings is 1. The minimum atomic E-state index is -0.498. The Hall–Kier alpha value is -1.47. The summed E-state index contributed by atoms with van der Waals surface area (Å²) in [6.07, 6.45) is 0.133. The molecule has 0 N–H and O–H groups in total. The molecule has 0 atom stereocenters. The number of hydrogen-bond acceptors (Lipinski definition) is 6. The zero-order valence-electron chi connectivity index (χ0n) is 12.2. The molecule has 0 fully saturated rings. The minimum absolute atomic E-state index is 0.133. The van der Waals surface area contributed by atoms with Crippen molar-refractivity contribution in [1.82, 2.24) is 9.88 Å². The second-order valence-corrected chi connectivity index (χ2v) is 5.26. The standard InChI is InChI=1S/C13H20N2O4S/c1-5-18-13(17)11-14-10(8-20-11)12(16)15(4)6-7-19-9(2)3/h8-9H,5-7H2,1-4H3. The first-order chi connectivity index (χ1) is 9.45. The summed E-state index contributed by atoms with van der Waals surface area (Å²) in [5.41, 5.74) is 0.255. The topological polar surface area (TPSA) is 68.7 Å². The maximum atomic E-state index is 12.1. The van der Waals surface area contributed by atoms with Gasteiger partial charge in [-0.15, -0.1) is 11.3 Å². The van der Waals surface area contributed by atoms with Gasteiger partial charge >= 0.3 is 5.97 Å². The third-order valence-corrected chi connectivity index (χ3v) is 3.22. The molecule has 0 aliphatic rings. The van der Waals surface area contributed by atoms with Crippen molar-refractivity contribution in [3.63, 3.8) is 0 Å². The molecule has 0 bridgehead atoms. The van der Waals surface area contributed by atoms with Gasteiger partial charge in [0.15, 0.2) is 0 Å². The lowest BCUT2D eigenvalue weighted by Gasteiger charge is -2.16. The maximum absolute atomic E-state index is 12.1. The Morgan fingerprint density at radius 2 is 2.15 bits per heavy atom. The van der Waals surface area contributed by atoms with Gasteiger partial charge in [0, 0.05) is 19.0 Å². The molecule has 1 amide bonds. The smallest absolute Gasteiger partial charge is 0.367 e. The predicted octanol–water partition coefficient (Wildman–Crippen LogP) is 1.82. The molecule has 1 aromatic heterocycles. The van der Waals surface area contributed by atoms with E-state index in [-0.39, 0.29) is 29.3 Å². The van der Waals surface area contributed by atoms with Crippen LogP contribution in [0.2, 0.25) is 0 Å². The molecule has 6 nitrogen and oxygen atoms in total. The molecule has 7 heteroatoms. The summed E-state index contributed by atoms with van der Waals surface area (Å²) in [4.78, 5) is 29.1. The van der Waals surface area contributed by atoms with Crippen LogP contribution in [-0.2, 0) is 9.47 Å². The quantitative estimate of drug-likeness (QED) is 0.718. The zero-order chi connectivity index (χ0) is 15.1. The lowest BCUT2D eigenvalue weighted by atomic mass is 10.4.